The van der Waals surface area contributed by atoms with E-state index in [1.54, 1.807) is 7.11 Å². The lowest BCUT2D eigenvalue weighted by Crippen LogP contribution is -2.34. The highest BCUT2D eigenvalue weighted by Crippen LogP contribution is 2.30. The second-order valence-electron chi connectivity index (χ2n) is 4.54. The molecule has 1 aromatic rings. The van der Waals surface area contributed by atoms with Crippen molar-refractivity contribution in [3.05, 3.63) is 22.7 Å². The van der Waals surface area contributed by atoms with E-state index in [9.17, 15) is 4.79 Å². The lowest BCUT2D eigenvalue weighted by atomic mass is 10.0. The van der Waals surface area contributed by atoms with Crippen molar-refractivity contribution in [2.45, 2.75) is 25.3 Å². The van der Waals surface area contributed by atoms with Crippen LogP contribution in [0.4, 0.5) is 5.69 Å². The van der Waals surface area contributed by atoms with Gasteiger partial charge in [0.2, 0.25) is 5.91 Å². The zero-order chi connectivity index (χ0) is 13.1. The van der Waals surface area contributed by atoms with Crippen LogP contribution in [0.25, 0.3) is 0 Å². The molecule has 3 N–H and O–H groups in total. The SMILES string of the molecule is COc1ccc(Br)cc1NC(=O)C1CCCC1N. The minimum Gasteiger partial charge on any atom is -0.495 e. The van der Waals surface area contributed by atoms with Gasteiger partial charge in [-0.05, 0) is 31.0 Å². The van der Waals surface area contributed by atoms with E-state index in [4.69, 9.17) is 10.5 Å². The smallest absolute Gasteiger partial charge is 0.229 e. The summed E-state index contributed by atoms with van der Waals surface area (Å²) >= 11 is 3.38. The van der Waals surface area contributed by atoms with E-state index in [-0.39, 0.29) is 17.9 Å². The Bertz CT molecular complexity index is 451. The predicted molar refractivity (Wildman–Crippen MR) is 74.6 cm³/mol. The molecule has 2 unspecified atom stereocenters. The topological polar surface area (TPSA) is 64.3 Å². The van der Waals surface area contributed by atoms with E-state index in [1.165, 1.54) is 0 Å². The molecular formula is C13H17BrN2O2. The minimum atomic E-state index is -0.0892. The summed E-state index contributed by atoms with van der Waals surface area (Å²) in [6.07, 6.45) is 2.81. The number of nitrogens with one attached hydrogen (secondary N) is 1. The average Bonchev–Trinajstić information content (AvgIpc) is 2.76. The van der Waals surface area contributed by atoms with Gasteiger partial charge in [-0.1, -0.05) is 22.4 Å². The second kappa shape index (κ2) is 5.71. The van der Waals surface area contributed by atoms with Gasteiger partial charge in [0.25, 0.3) is 0 Å². The van der Waals surface area contributed by atoms with E-state index in [0.717, 1.165) is 23.7 Å². The summed E-state index contributed by atoms with van der Waals surface area (Å²) in [5, 5.41) is 2.90. The van der Waals surface area contributed by atoms with Crippen LogP contribution >= 0.6 is 15.9 Å². The summed E-state index contributed by atoms with van der Waals surface area (Å²) in [5.41, 5.74) is 6.61. The molecule has 1 amide bonds. The maximum absolute atomic E-state index is 12.1. The number of ether oxygens (including phenoxy) is 1. The van der Waals surface area contributed by atoms with Crippen LogP contribution in [0.1, 0.15) is 19.3 Å². The third-order valence-electron chi connectivity index (χ3n) is 3.33. The van der Waals surface area contributed by atoms with Crippen molar-refractivity contribution in [2.75, 3.05) is 12.4 Å². The first-order chi connectivity index (χ1) is 8.61. The van der Waals surface area contributed by atoms with Gasteiger partial charge in [-0.25, -0.2) is 0 Å². The first kappa shape index (κ1) is 13.4. The van der Waals surface area contributed by atoms with Crippen molar-refractivity contribution in [1.29, 1.82) is 0 Å². The molecule has 0 saturated heterocycles. The van der Waals surface area contributed by atoms with E-state index < -0.39 is 0 Å². The van der Waals surface area contributed by atoms with Crippen LogP contribution in [0.5, 0.6) is 5.75 Å². The van der Waals surface area contributed by atoms with Crippen LogP contribution in [0.2, 0.25) is 0 Å². The Morgan fingerprint density at radius 3 is 2.89 bits per heavy atom. The molecule has 4 nitrogen and oxygen atoms in total. The van der Waals surface area contributed by atoms with E-state index in [1.807, 2.05) is 18.2 Å². The standard InChI is InChI=1S/C13H17BrN2O2/c1-18-12-6-5-8(14)7-11(12)16-13(17)9-3-2-4-10(9)15/h5-7,9-10H,2-4,15H2,1H3,(H,16,17). The van der Waals surface area contributed by atoms with E-state index in [0.29, 0.717) is 11.4 Å². The fraction of sp³-hybridized carbons (Fsp3) is 0.462. The normalized spacial score (nSPS) is 22.8. The zero-order valence-electron chi connectivity index (χ0n) is 10.3. The van der Waals surface area contributed by atoms with Crippen LogP contribution < -0.4 is 15.8 Å². The highest BCUT2D eigenvalue weighted by atomic mass is 79.9. The molecule has 0 aliphatic heterocycles. The number of nitrogens with two attached hydrogens (primary N) is 1. The van der Waals surface area contributed by atoms with Crippen LogP contribution in [0.15, 0.2) is 22.7 Å². The lowest BCUT2D eigenvalue weighted by Gasteiger charge is -2.16. The molecule has 0 spiro atoms. The van der Waals surface area contributed by atoms with Gasteiger partial charge in [0.05, 0.1) is 18.7 Å². The van der Waals surface area contributed by atoms with Crippen molar-refractivity contribution in [1.82, 2.24) is 0 Å². The second-order valence-corrected chi connectivity index (χ2v) is 5.45. The number of halogens is 1. The Hall–Kier alpha value is -1.07. The molecule has 2 rings (SSSR count). The van der Waals surface area contributed by atoms with Gasteiger partial charge >= 0.3 is 0 Å². The van der Waals surface area contributed by atoms with Gasteiger partial charge in [0, 0.05) is 10.5 Å². The molecule has 1 aromatic carbocycles. The van der Waals surface area contributed by atoms with E-state index in [2.05, 4.69) is 21.2 Å². The van der Waals surface area contributed by atoms with Crippen molar-refractivity contribution < 1.29 is 9.53 Å². The number of methoxy groups -OCH3 is 1. The summed E-state index contributed by atoms with van der Waals surface area (Å²) in [5.74, 6) is 0.545. The van der Waals surface area contributed by atoms with Gasteiger partial charge < -0.3 is 15.8 Å². The first-order valence-electron chi connectivity index (χ1n) is 6.02. The third kappa shape index (κ3) is 2.84. The summed E-state index contributed by atoms with van der Waals surface area (Å²) in [6.45, 7) is 0. The largest absolute Gasteiger partial charge is 0.495 e. The molecule has 1 aliphatic carbocycles. The van der Waals surface area contributed by atoms with E-state index >= 15 is 0 Å². The Morgan fingerprint density at radius 2 is 2.28 bits per heavy atom. The Balaban J connectivity index is 2.13. The Kier molecular flexibility index (Phi) is 4.24. The fourth-order valence-electron chi connectivity index (χ4n) is 2.32. The average molecular weight is 313 g/mol. The van der Waals surface area contributed by atoms with Crippen LogP contribution in [0.3, 0.4) is 0 Å². The summed E-state index contributed by atoms with van der Waals surface area (Å²) in [6, 6.07) is 5.49. The zero-order valence-corrected chi connectivity index (χ0v) is 11.9. The summed E-state index contributed by atoms with van der Waals surface area (Å²) in [4.78, 5) is 12.1. The quantitative estimate of drug-likeness (QED) is 0.901. The van der Waals surface area contributed by atoms with Crippen molar-refractivity contribution >= 4 is 27.5 Å². The molecule has 18 heavy (non-hydrogen) atoms. The molecule has 0 radical (unpaired) electrons. The highest BCUT2D eigenvalue weighted by Gasteiger charge is 2.30. The fourth-order valence-corrected chi connectivity index (χ4v) is 2.68. The van der Waals surface area contributed by atoms with Crippen LogP contribution in [-0.2, 0) is 4.79 Å². The number of carbonyl (C=O) groups is 1. The number of benzene rings is 1. The maximum Gasteiger partial charge on any atom is 0.229 e. The molecule has 1 aliphatic rings. The highest BCUT2D eigenvalue weighted by molar-refractivity contribution is 9.10. The summed E-state index contributed by atoms with van der Waals surface area (Å²) in [7, 11) is 1.58. The molecular weight excluding hydrogens is 296 g/mol. The molecule has 1 fully saturated rings. The predicted octanol–water partition coefficient (Wildman–Crippen LogP) is 2.52. The van der Waals surface area contributed by atoms with Crippen molar-refractivity contribution in [3.8, 4) is 5.75 Å². The van der Waals surface area contributed by atoms with Gasteiger partial charge in [-0.2, -0.15) is 0 Å². The van der Waals surface area contributed by atoms with Crippen molar-refractivity contribution in [3.63, 3.8) is 0 Å². The van der Waals surface area contributed by atoms with Gasteiger partial charge in [0.1, 0.15) is 5.75 Å². The van der Waals surface area contributed by atoms with Gasteiger partial charge in [-0.15, -0.1) is 0 Å². The Morgan fingerprint density at radius 1 is 1.50 bits per heavy atom. The molecule has 0 aromatic heterocycles. The molecule has 5 heteroatoms. The number of rotatable bonds is 3. The van der Waals surface area contributed by atoms with Crippen LogP contribution in [0, 0.1) is 5.92 Å². The molecule has 1 saturated carbocycles. The first-order valence-corrected chi connectivity index (χ1v) is 6.81. The van der Waals surface area contributed by atoms with Crippen molar-refractivity contribution in [2.24, 2.45) is 11.7 Å². The van der Waals surface area contributed by atoms with Gasteiger partial charge in [0.15, 0.2) is 0 Å². The van der Waals surface area contributed by atoms with Crippen LogP contribution in [-0.4, -0.2) is 19.1 Å². The number of carbonyl (C=O) groups excluding carboxylic acids is 1. The maximum atomic E-state index is 12.1. The Labute approximate surface area is 115 Å². The minimum absolute atomic E-state index is 0.0172. The monoisotopic (exact) mass is 312 g/mol. The number of hydrogen-bond acceptors (Lipinski definition) is 3. The van der Waals surface area contributed by atoms with Gasteiger partial charge in [-0.3, -0.25) is 4.79 Å². The molecule has 2 atom stereocenters. The number of anilines is 1. The number of amides is 1. The lowest BCUT2D eigenvalue weighted by molar-refractivity contribution is -0.120. The summed E-state index contributed by atoms with van der Waals surface area (Å²) < 4.78 is 6.12. The molecule has 0 bridgehead atoms. The molecule has 0 heterocycles. The third-order valence-corrected chi connectivity index (χ3v) is 3.82. The number of hydrogen-bond donors (Lipinski definition) is 2. The molecule has 98 valence electrons.